The van der Waals surface area contributed by atoms with E-state index in [1.807, 2.05) is 13.8 Å². The van der Waals surface area contributed by atoms with Crippen LogP contribution in [0.15, 0.2) is 29.3 Å². The van der Waals surface area contributed by atoms with Crippen molar-refractivity contribution in [2.75, 3.05) is 18.9 Å². The summed E-state index contributed by atoms with van der Waals surface area (Å²) in [5.74, 6) is -10.7. The monoisotopic (exact) mass is 1010 g/mol. The average molecular weight is 1010 g/mol. The first kappa shape index (κ1) is 61.3. The molecule has 0 aliphatic rings. The van der Waals surface area contributed by atoms with Gasteiger partial charge in [0, 0.05) is 31.6 Å². The Bertz CT molecular complexity index is 1990. The highest BCUT2D eigenvalue weighted by molar-refractivity contribution is 7.80. The molecule has 0 saturated carbocycles. The molecule has 1 aromatic carbocycles. The number of carbonyl (C=O) groups excluding carboxylic acids is 9. The lowest BCUT2D eigenvalue weighted by molar-refractivity contribution is -0.142. The van der Waals surface area contributed by atoms with Crippen molar-refractivity contribution in [2.24, 2.45) is 45.5 Å². The molecule has 9 amide bonds. The van der Waals surface area contributed by atoms with Crippen LogP contribution in [0.1, 0.15) is 84.6 Å². The number of hydrogen-bond acceptors (Lipinski definition) is 15. The number of guanidine groups is 1. The molecule has 392 valence electrons. The van der Waals surface area contributed by atoms with Crippen molar-refractivity contribution >= 4 is 77.7 Å². The summed E-state index contributed by atoms with van der Waals surface area (Å²) in [6.45, 7) is 6.27. The number of carboxylic acid groups (broad SMARTS) is 1. The highest BCUT2D eigenvalue weighted by atomic mass is 32.1. The first-order valence-electron chi connectivity index (χ1n) is 22.5. The van der Waals surface area contributed by atoms with Crippen LogP contribution in [0.5, 0.6) is 5.75 Å². The molecule has 8 atom stereocenters. The van der Waals surface area contributed by atoms with Gasteiger partial charge in [-0.15, -0.1) is 0 Å². The summed E-state index contributed by atoms with van der Waals surface area (Å²) in [5.41, 5.74) is 27.6. The highest BCUT2D eigenvalue weighted by Crippen LogP contribution is 2.14. The quantitative estimate of drug-likeness (QED) is 0.0136. The Morgan fingerprint density at radius 1 is 0.571 bits per heavy atom. The molecule has 0 spiro atoms. The van der Waals surface area contributed by atoms with Gasteiger partial charge in [-0.3, -0.25) is 48.1 Å². The Hall–Kier alpha value is -6.74. The number of phenolic OH excluding ortho intramolecular Hbond substituents is 1. The number of aliphatic carboxylic acids is 1. The largest absolute Gasteiger partial charge is 0.508 e. The van der Waals surface area contributed by atoms with Crippen molar-refractivity contribution in [3.8, 4) is 5.75 Å². The molecule has 0 fully saturated rings. The smallest absolute Gasteiger partial charge is 0.326 e. The summed E-state index contributed by atoms with van der Waals surface area (Å²) in [7, 11) is 0. The molecule has 27 heteroatoms. The number of benzene rings is 1. The van der Waals surface area contributed by atoms with E-state index in [0.717, 1.165) is 0 Å². The van der Waals surface area contributed by atoms with Crippen LogP contribution in [-0.4, -0.2) is 148 Å². The molecule has 26 nitrogen and oxygen atoms in total. The maximum absolute atomic E-state index is 14.2. The normalized spacial score (nSPS) is 14.5. The van der Waals surface area contributed by atoms with E-state index in [-0.39, 0.29) is 74.4 Å². The molecule has 0 saturated heterocycles. The fourth-order valence-electron chi connectivity index (χ4n) is 6.57. The number of aliphatic hydroxyl groups is 1. The van der Waals surface area contributed by atoms with Crippen molar-refractivity contribution < 1.29 is 63.3 Å². The molecule has 0 unspecified atom stereocenters. The van der Waals surface area contributed by atoms with Gasteiger partial charge in [0.15, 0.2) is 5.96 Å². The van der Waals surface area contributed by atoms with Gasteiger partial charge in [-0.25, -0.2) is 4.79 Å². The Morgan fingerprint density at radius 3 is 1.44 bits per heavy atom. The summed E-state index contributed by atoms with van der Waals surface area (Å²) in [6, 6.07) is -6.04. The number of aliphatic imine (C=N–C) groups is 1. The minimum Gasteiger partial charge on any atom is -0.508 e. The van der Waals surface area contributed by atoms with E-state index >= 15 is 0 Å². The van der Waals surface area contributed by atoms with Crippen molar-refractivity contribution in [3.63, 3.8) is 0 Å². The third kappa shape index (κ3) is 24.0. The number of hydrogen-bond donors (Lipinski definition) is 16. The third-order valence-electron chi connectivity index (χ3n) is 10.2. The van der Waals surface area contributed by atoms with Gasteiger partial charge in [-0.05, 0) is 68.1 Å². The third-order valence-corrected chi connectivity index (χ3v) is 10.6. The van der Waals surface area contributed by atoms with E-state index < -0.39 is 133 Å². The second kappa shape index (κ2) is 31.4. The minimum absolute atomic E-state index is 0.0411. The van der Waals surface area contributed by atoms with Gasteiger partial charge < -0.3 is 81.2 Å². The number of nitrogens with two attached hydrogens (primary N) is 5. The first-order valence-corrected chi connectivity index (χ1v) is 23.1. The van der Waals surface area contributed by atoms with E-state index in [2.05, 4.69) is 54.8 Å². The molecule has 0 aliphatic heterocycles. The molecule has 0 bridgehead atoms. The lowest BCUT2D eigenvalue weighted by atomic mass is 9.99. The minimum atomic E-state index is -1.56. The number of aliphatic hydroxyl groups excluding tert-OH is 1. The number of thiol groups is 1. The first-order chi connectivity index (χ1) is 32.8. The van der Waals surface area contributed by atoms with E-state index in [9.17, 15) is 63.3 Å². The zero-order valence-corrected chi connectivity index (χ0v) is 40.7. The number of phenols is 1. The maximum atomic E-state index is 14.2. The lowest BCUT2D eigenvalue weighted by Gasteiger charge is -2.28. The molecule has 0 aliphatic carbocycles. The van der Waals surface area contributed by atoms with Crippen LogP contribution in [0.4, 0.5) is 0 Å². The van der Waals surface area contributed by atoms with Crippen LogP contribution in [0.2, 0.25) is 0 Å². The summed E-state index contributed by atoms with van der Waals surface area (Å²) in [6.07, 6.45) is -1.68. The highest BCUT2D eigenvalue weighted by Gasteiger charge is 2.35. The standard InChI is InChI=1S/C43H71N13O13S/c1-21(2)16-25(44)35(61)55-31(19-57)40(66)56-32(20-70)41(67)51-27(12-14-34(46)60)37(63)53-29(17-22(3)4)38(64)54-30(18-23-7-9-24(58)10-8-23)39(65)50-26(11-13-33(45)59)36(62)52-28(42(68)69)6-5-15-49-43(47)48/h7-10,21-22,25-32,57-58,70H,5-6,11-20,44H2,1-4H3,(H2,45,59)(H2,46,60)(H,50,65)(H,51,67)(H,52,62)(H,53,63)(H,54,64)(H,55,61)(H,56,66)(H,68,69)(H4,47,48,49)/t25-,26-,27-,28-,29-,30-,31-,32-/m1/s1. The van der Waals surface area contributed by atoms with Crippen LogP contribution in [0.3, 0.4) is 0 Å². The fourth-order valence-corrected chi connectivity index (χ4v) is 6.82. The number of nitrogens with one attached hydrogen (secondary N) is 7. The second-order valence-corrected chi connectivity index (χ2v) is 17.7. The molecule has 0 radical (unpaired) electrons. The van der Waals surface area contributed by atoms with Gasteiger partial charge in [-0.2, -0.15) is 12.6 Å². The Balaban J connectivity index is 3.49. The average Bonchev–Trinajstić information content (AvgIpc) is 3.27. The number of primary amides is 2. The van der Waals surface area contributed by atoms with Crippen molar-refractivity contribution in [1.82, 2.24) is 37.2 Å². The van der Waals surface area contributed by atoms with Crippen LogP contribution >= 0.6 is 12.6 Å². The van der Waals surface area contributed by atoms with Crippen LogP contribution in [0, 0.1) is 11.8 Å². The number of aromatic hydroxyl groups is 1. The Labute approximate surface area is 411 Å². The fraction of sp³-hybridized carbons (Fsp3) is 0.605. The van der Waals surface area contributed by atoms with Gasteiger partial charge in [0.25, 0.3) is 0 Å². The van der Waals surface area contributed by atoms with Crippen molar-refractivity contribution in [2.45, 2.75) is 134 Å². The summed E-state index contributed by atoms with van der Waals surface area (Å²) in [4.78, 5) is 135. The Morgan fingerprint density at radius 2 is 0.986 bits per heavy atom. The topological polar surface area (TPSA) is 458 Å². The molecular weight excluding hydrogens is 939 g/mol. The number of amides is 9. The second-order valence-electron chi connectivity index (χ2n) is 17.3. The maximum Gasteiger partial charge on any atom is 0.326 e. The van der Waals surface area contributed by atoms with Crippen LogP contribution in [-0.2, 0) is 54.4 Å². The lowest BCUT2D eigenvalue weighted by Crippen LogP contribution is -2.61. The predicted octanol–water partition coefficient (Wildman–Crippen LogP) is -4.66. The van der Waals surface area contributed by atoms with Gasteiger partial charge in [0.2, 0.25) is 53.2 Å². The van der Waals surface area contributed by atoms with Gasteiger partial charge >= 0.3 is 5.97 Å². The SMILES string of the molecule is CC(C)C[C@@H](N)C(=O)N[C@H](CO)C(=O)N[C@H](CS)C(=O)N[C@H](CCC(N)=O)C(=O)N[C@H](CC(C)C)C(=O)N[C@H](Cc1ccc(O)cc1)C(=O)N[C@H](CCC(N)=O)C(=O)N[C@H](CCCN=C(N)N)C(=O)O. The molecule has 0 heterocycles. The van der Waals surface area contributed by atoms with E-state index in [1.165, 1.54) is 24.3 Å². The van der Waals surface area contributed by atoms with E-state index in [1.54, 1.807) is 13.8 Å². The van der Waals surface area contributed by atoms with Gasteiger partial charge in [-0.1, -0.05) is 39.8 Å². The molecular formula is C43H71N13O13S. The molecule has 70 heavy (non-hydrogen) atoms. The van der Waals surface area contributed by atoms with Gasteiger partial charge in [0.1, 0.15) is 48.0 Å². The summed E-state index contributed by atoms with van der Waals surface area (Å²) in [5, 5.41) is 46.5. The molecule has 1 rings (SSSR count). The van der Waals surface area contributed by atoms with Crippen molar-refractivity contribution in [3.05, 3.63) is 29.8 Å². The van der Waals surface area contributed by atoms with E-state index in [4.69, 9.17) is 28.7 Å². The van der Waals surface area contributed by atoms with Crippen LogP contribution in [0.25, 0.3) is 0 Å². The summed E-state index contributed by atoms with van der Waals surface area (Å²) < 4.78 is 0. The predicted molar refractivity (Wildman–Crippen MR) is 258 cm³/mol. The number of carbonyl (C=O) groups is 10. The number of nitrogens with zero attached hydrogens (tertiary/aromatic N) is 1. The Kier molecular flexibility index (Phi) is 27.5. The van der Waals surface area contributed by atoms with Crippen molar-refractivity contribution in [1.29, 1.82) is 0 Å². The molecule has 0 aromatic heterocycles. The zero-order valence-electron chi connectivity index (χ0n) is 39.8. The summed E-state index contributed by atoms with van der Waals surface area (Å²) >= 11 is 4.14. The van der Waals surface area contributed by atoms with E-state index in [0.29, 0.717) is 5.56 Å². The van der Waals surface area contributed by atoms with Gasteiger partial charge in [0.05, 0.1) is 12.6 Å². The zero-order chi connectivity index (χ0) is 53.2. The molecule has 1 aromatic rings. The number of rotatable bonds is 33. The van der Waals surface area contributed by atoms with Crippen LogP contribution < -0.4 is 65.9 Å². The molecule has 20 N–H and O–H groups in total. The number of carboxylic acids is 1.